The molecule has 0 bridgehead atoms. The molecule has 1 heterocycles. The lowest BCUT2D eigenvalue weighted by molar-refractivity contribution is 0.0678. The van der Waals surface area contributed by atoms with Gasteiger partial charge in [-0.2, -0.15) is 9.37 Å². The highest BCUT2D eigenvalue weighted by atomic mass is 79.9. The number of imidazole rings is 1. The van der Waals surface area contributed by atoms with Crippen molar-refractivity contribution in [3.63, 3.8) is 0 Å². The lowest BCUT2D eigenvalue weighted by atomic mass is 10.1. The van der Waals surface area contributed by atoms with Crippen LogP contribution in [0.15, 0.2) is 35.1 Å². The van der Waals surface area contributed by atoms with Crippen molar-refractivity contribution in [3.05, 3.63) is 52.3 Å². The van der Waals surface area contributed by atoms with Crippen molar-refractivity contribution in [1.29, 1.82) is 0 Å². The first kappa shape index (κ1) is 12.8. The number of aromatic nitrogens is 2. The van der Waals surface area contributed by atoms with Gasteiger partial charge in [0, 0.05) is 0 Å². The van der Waals surface area contributed by atoms with E-state index in [1.807, 2.05) is 30.3 Å². The Balaban J connectivity index is 2.55. The molecule has 0 saturated carbocycles. The minimum atomic E-state index is -1.34. The number of carbonyl (C=O) groups is 1. The molecule has 2 aromatic rings. The molecule has 0 amide bonds. The fraction of sp³-hybridized carbons (Fsp3) is 0.167. The molecule has 1 N–H and O–H groups in total. The lowest BCUT2D eigenvalue weighted by Crippen LogP contribution is -2.15. The third kappa shape index (κ3) is 2.15. The van der Waals surface area contributed by atoms with Gasteiger partial charge in [0.1, 0.15) is 0 Å². The van der Waals surface area contributed by atoms with Crippen molar-refractivity contribution >= 4 is 21.9 Å². The molecular weight excluding hydrogens is 303 g/mol. The third-order valence-corrected chi connectivity index (χ3v) is 3.26. The molecule has 6 heteroatoms. The average Bonchev–Trinajstić information content (AvgIpc) is 2.64. The first-order chi connectivity index (χ1) is 8.52. The van der Waals surface area contributed by atoms with Crippen LogP contribution in [-0.2, 0) is 0 Å². The summed E-state index contributed by atoms with van der Waals surface area (Å²) in [5, 5.41) is 9.03. The summed E-state index contributed by atoms with van der Waals surface area (Å²) in [6.45, 7) is 1.79. The van der Waals surface area contributed by atoms with Gasteiger partial charge in [0.25, 0.3) is 0 Å². The first-order valence-electron chi connectivity index (χ1n) is 5.24. The van der Waals surface area contributed by atoms with E-state index in [0.717, 1.165) is 5.56 Å². The highest BCUT2D eigenvalue weighted by molar-refractivity contribution is 9.10. The van der Waals surface area contributed by atoms with E-state index < -0.39 is 17.6 Å². The molecule has 94 valence electrons. The molecule has 0 radical (unpaired) electrons. The standard InChI is InChI=1S/C12H10BrFN2O2/c1-7(8-5-3-2-4-6-8)16-9(11(17)18)10(14)15-12(16)13/h2-7H,1H3,(H,17,18). The Kier molecular flexibility index (Phi) is 3.47. The van der Waals surface area contributed by atoms with Crippen molar-refractivity contribution in [1.82, 2.24) is 9.55 Å². The summed E-state index contributed by atoms with van der Waals surface area (Å²) in [5.74, 6) is -2.33. The molecular formula is C12H10BrFN2O2. The second-order valence-corrected chi connectivity index (χ2v) is 4.49. The molecule has 18 heavy (non-hydrogen) atoms. The van der Waals surface area contributed by atoms with Crippen LogP contribution in [0.1, 0.15) is 29.0 Å². The number of hydrogen-bond acceptors (Lipinski definition) is 2. The van der Waals surface area contributed by atoms with Gasteiger partial charge in [-0.25, -0.2) is 4.79 Å². The number of aromatic carboxylic acids is 1. The van der Waals surface area contributed by atoms with Crippen molar-refractivity contribution in [2.24, 2.45) is 0 Å². The highest BCUT2D eigenvalue weighted by Crippen LogP contribution is 2.26. The van der Waals surface area contributed by atoms with Crippen molar-refractivity contribution in [3.8, 4) is 0 Å². The van der Waals surface area contributed by atoms with E-state index in [9.17, 15) is 9.18 Å². The SMILES string of the molecule is CC(c1ccccc1)n1c(Br)nc(F)c1C(=O)O. The third-order valence-electron chi connectivity index (χ3n) is 2.70. The maximum Gasteiger partial charge on any atom is 0.357 e. The van der Waals surface area contributed by atoms with E-state index in [0.29, 0.717) is 0 Å². The summed E-state index contributed by atoms with van der Waals surface area (Å²) in [6.07, 6.45) is 0. The zero-order chi connectivity index (χ0) is 13.3. The van der Waals surface area contributed by atoms with Gasteiger partial charge < -0.3 is 9.67 Å². The largest absolute Gasteiger partial charge is 0.476 e. The van der Waals surface area contributed by atoms with Gasteiger partial charge in [0.15, 0.2) is 10.4 Å². The van der Waals surface area contributed by atoms with Crippen LogP contribution in [0.2, 0.25) is 0 Å². The van der Waals surface area contributed by atoms with Crippen LogP contribution in [0.3, 0.4) is 0 Å². The molecule has 0 fully saturated rings. The molecule has 4 nitrogen and oxygen atoms in total. The summed E-state index contributed by atoms with van der Waals surface area (Å²) in [4.78, 5) is 14.6. The Bertz CT molecular complexity index is 583. The topological polar surface area (TPSA) is 55.1 Å². The van der Waals surface area contributed by atoms with Gasteiger partial charge >= 0.3 is 5.97 Å². The van der Waals surface area contributed by atoms with Crippen LogP contribution in [0.4, 0.5) is 4.39 Å². The zero-order valence-electron chi connectivity index (χ0n) is 9.47. The molecule has 1 aromatic carbocycles. The van der Waals surface area contributed by atoms with E-state index in [1.165, 1.54) is 4.57 Å². The summed E-state index contributed by atoms with van der Waals surface area (Å²) >= 11 is 3.08. The Morgan fingerprint density at radius 3 is 2.61 bits per heavy atom. The number of hydrogen-bond donors (Lipinski definition) is 1. The van der Waals surface area contributed by atoms with Crippen LogP contribution < -0.4 is 0 Å². The van der Waals surface area contributed by atoms with Crippen molar-refractivity contribution < 1.29 is 14.3 Å². The van der Waals surface area contributed by atoms with E-state index in [-0.39, 0.29) is 10.8 Å². The highest BCUT2D eigenvalue weighted by Gasteiger charge is 2.25. The van der Waals surface area contributed by atoms with Gasteiger partial charge in [-0.1, -0.05) is 30.3 Å². The molecule has 2 rings (SSSR count). The maximum atomic E-state index is 13.5. The Hall–Kier alpha value is -1.69. The molecule has 1 unspecified atom stereocenters. The second-order valence-electron chi connectivity index (χ2n) is 3.78. The van der Waals surface area contributed by atoms with Crippen molar-refractivity contribution in [2.45, 2.75) is 13.0 Å². The van der Waals surface area contributed by atoms with Gasteiger partial charge in [-0.05, 0) is 28.4 Å². The van der Waals surface area contributed by atoms with E-state index >= 15 is 0 Å². The number of carboxylic acid groups (broad SMARTS) is 1. The van der Waals surface area contributed by atoms with Gasteiger partial charge in [0.2, 0.25) is 5.95 Å². The molecule has 0 saturated heterocycles. The van der Waals surface area contributed by atoms with Crippen LogP contribution >= 0.6 is 15.9 Å². The number of nitrogens with zero attached hydrogens (tertiary/aromatic N) is 2. The molecule has 0 spiro atoms. The summed E-state index contributed by atoms with van der Waals surface area (Å²) < 4.78 is 14.9. The summed E-state index contributed by atoms with van der Waals surface area (Å²) in [6, 6.07) is 8.91. The van der Waals surface area contributed by atoms with E-state index in [1.54, 1.807) is 6.92 Å². The minimum absolute atomic E-state index is 0.161. The molecule has 0 aliphatic carbocycles. The van der Waals surface area contributed by atoms with Crippen LogP contribution in [0.5, 0.6) is 0 Å². The van der Waals surface area contributed by atoms with Crippen LogP contribution in [0, 0.1) is 5.95 Å². The van der Waals surface area contributed by atoms with Crippen LogP contribution in [-0.4, -0.2) is 20.6 Å². The minimum Gasteiger partial charge on any atom is -0.476 e. The second kappa shape index (κ2) is 4.89. The van der Waals surface area contributed by atoms with E-state index in [2.05, 4.69) is 20.9 Å². The molecule has 0 aliphatic heterocycles. The average molecular weight is 313 g/mol. The van der Waals surface area contributed by atoms with Crippen molar-refractivity contribution in [2.75, 3.05) is 0 Å². The summed E-state index contributed by atoms with van der Waals surface area (Å²) in [7, 11) is 0. The Labute approximate surface area is 111 Å². The normalized spacial score (nSPS) is 12.4. The summed E-state index contributed by atoms with van der Waals surface area (Å²) in [5.41, 5.74) is 0.427. The number of carboxylic acids is 1. The molecule has 1 atom stereocenters. The maximum absolute atomic E-state index is 13.5. The Morgan fingerprint density at radius 1 is 1.44 bits per heavy atom. The number of halogens is 2. The van der Waals surface area contributed by atoms with Gasteiger partial charge in [-0.15, -0.1) is 0 Å². The zero-order valence-corrected chi connectivity index (χ0v) is 11.1. The van der Waals surface area contributed by atoms with E-state index in [4.69, 9.17) is 5.11 Å². The van der Waals surface area contributed by atoms with Gasteiger partial charge in [0.05, 0.1) is 6.04 Å². The quantitative estimate of drug-likeness (QED) is 0.947. The number of rotatable bonds is 3. The van der Waals surface area contributed by atoms with Gasteiger partial charge in [-0.3, -0.25) is 0 Å². The fourth-order valence-electron chi connectivity index (χ4n) is 1.80. The Morgan fingerprint density at radius 2 is 2.06 bits per heavy atom. The predicted molar refractivity (Wildman–Crippen MR) is 67.1 cm³/mol. The lowest BCUT2D eigenvalue weighted by Gasteiger charge is -2.16. The monoisotopic (exact) mass is 312 g/mol. The fourth-order valence-corrected chi connectivity index (χ4v) is 2.44. The molecule has 1 aromatic heterocycles. The smallest absolute Gasteiger partial charge is 0.357 e. The van der Waals surface area contributed by atoms with Crippen LogP contribution in [0.25, 0.3) is 0 Å². The molecule has 0 aliphatic rings. The predicted octanol–water partition coefficient (Wildman–Crippen LogP) is 3.09. The number of benzene rings is 1. The first-order valence-corrected chi connectivity index (χ1v) is 6.03.